The Labute approximate surface area is 286 Å². The molecular formula is C37H52N2O8S. The fraction of sp³-hybridized carbons (Fsp3) is 0.568. The first-order valence-electron chi connectivity index (χ1n) is 16.5. The Kier molecular flexibility index (Phi) is 14.1. The Morgan fingerprint density at radius 3 is 1.58 bits per heavy atom. The van der Waals surface area contributed by atoms with E-state index in [9.17, 15) is 27.6 Å². The molecule has 2 aromatic carbocycles. The number of nitrogens with zero attached hydrogens (tertiary/aromatic N) is 2. The number of amides is 2. The molecule has 0 atom stereocenters. The molecule has 0 radical (unpaired) electrons. The molecule has 6 rings (SSSR count). The van der Waals surface area contributed by atoms with Gasteiger partial charge in [-0.3, -0.25) is 23.4 Å². The molecule has 0 aliphatic carbocycles. The highest BCUT2D eigenvalue weighted by Crippen LogP contribution is 2.39. The van der Waals surface area contributed by atoms with Gasteiger partial charge in [0.15, 0.2) is 11.6 Å². The third-order valence-electron chi connectivity index (χ3n) is 9.07. The van der Waals surface area contributed by atoms with Crippen LogP contribution in [-0.4, -0.2) is 69.5 Å². The number of rotatable bonds is 14. The molecule has 0 spiro atoms. The van der Waals surface area contributed by atoms with Crippen molar-refractivity contribution in [2.45, 2.75) is 105 Å². The number of aryl methyl sites for hydroxylation is 2. The number of aliphatic hydroxyl groups is 1. The second-order valence-corrected chi connectivity index (χ2v) is 14.3. The molecule has 4 aliphatic rings. The van der Waals surface area contributed by atoms with Crippen molar-refractivity contribution in [3.8, 4) is 0 Å². The van der Waals surface area contributed by atoms with Crippen LogP contribution in [-0.2, 0) is 49.6 Å². The highest BCUT2D eigenvalue weighted by atomic mass is 32.2. The Morgan fingerprint density at radius 2 is 1.15 bits per heavy atom. The molecular weight excluding hydrogens is 632 g/mol. The SMILES string of the molecule is C.C.CS(=O)(=O)OCCCCCC(=O)c1cc2c3c(c1)CC(=O)N3CCC2.O=C(CCCCCO)c1cc2c3c(c1)CC(=O)N3CCC2. The van der Waals surface area contributed by atoms with Crippen molar-refractivity contribution >= 4 is 44.9 Å². The van der Waals surface area contributed by atoms with Gasteiger partial charge in [-0.25, -0.2) is 0 Å². The van der Waals surface area contributed by atoms with Crippen molar-refractivity contribution in [1.82, 2.24) is 0 Å². The number of hydrogen-bond acceptors (Lipinski definition) is 8. The van der Waals surface area contributed by atoms with Gasteiger partial charge in [0.05, 0.1) is 37.1 Å². The van der Waals surface area contributed by atoms with Gasteiger partial charge in [-0.15, -0.1) is 0 Å². The lowest BCUT2D eigenvalue weighted by Gasteiger charge is -2.25. The van der Waals surface area contributed by atoms with E-state index in [4.69, 9.17) is 5.11 Å². The quantitative estimate of drug-likeness (QED) is 0.150. The third kappa shape index (κ3) is 9.39. The van der Waals surface area contributed by atoms with Crippen molar-refractivity contribution in [1.29, 1.82) is 0 Å². The van der Waals surface area contributed by atoms with Gasteiger partial charge in [0.25, 0.3) is 10.1 Å². The van der Waals surface area contributed by atoms with Crippen LogP contribution in [0.25, 0.3) is 0 Å². The molecule has 264 valence electrons. The van der Waals surface area contributed by atoms with Crippen molar-refractivity contribution in [3.63, 3.8) is 0 Å². The van der Waals surface area contributed by atoms with E-state index in [0.29, 0.717) is 44.1 Å². The molecule has 0 bridgehead atoms. The fourth-order valence-electron chi connectivity index (χ4n) is 6.92. The maximum absolute atomic E-state index is 12.5. The lowest BCUT2D eigenvalue weighted by molar-refractivity contribution is -0.118. The molecule has 4 heterocycles. The van der Waals surface area contributed by atoms with Crippen LogP contribution < -0.4 is 9.80 Å². The van der Waals surface area contributed by atoms with E-state index in [-0.39, 0.29) is 51.4 Å². The molecule has 11 heteroatoms. The number of hydrogen-bond donors (Lipinski definition) is 1. The van der Waals surface area contributed by atoms with E-state index in [1.165, 1.54) is 0 Å². The molecule has 1 N–H and O–H groups in total. The van der Waals surface area contributed by atoms with E-state index in [1.54, 1.807) is 0 Å². The van der Waals surface area contributed by atoms with Gasteiger partial charge in [-0.2, -0.15) is 8.42 Å². The zero-order chi connectivity index (χ0) is 32.8. The number of Topliss-reactive ketones (excluding diaryl/α,β-unsaturated/α-hetero) is 2. The van der Waals surface area contributed by atoms with Crippen LogP contribution in [0.15, 0.2) is 24.3 Å². The molecule has 10 nitrogen and oxygen atoms in total. The van der Waals surface area contributed by atoms with Gasteiger partial charge in [-0.05, 0) is 97.9 Å². The van der Waals surface area contributed by atoms with Crippen LogP contribution in [0.4, 0.5) is 11.4 Å². The minimum atomic E-state index is -3.39. The summed E-state index contributed by atoms with van der Waals surface area (Å²) in [6, 6.07) is 7.71. The first kappa shape index (κ1) is 39.0. The Hall–Kier alpha value is -3.41. The van der Waals surface area contributed by atoms with E-state index < -0.39 is 10.1 Å². The maximum atomic E-state index is 12.5. The van der Waals surface area contributed by atoms with Gasteiger partial charge < -0.3 is 14.9 Å². The maximum Gasteiger partial charge on any atom is 0.264 e. The molecule has 0 unspecified atom stereocenters. The van der Waals surface area contributed by atoms with Crippen LogP contribution >= 0.6 is 0 Å². The topological polar surface area (TPSA) is 138 Å². The van der Waals surface area contributed by atoms with E-state index in [1.807, 2.05) is 34.1 Å². The van der Waals surface area contributed by atoms with Gasteiger partial charge in [0.1, 0.15) is 0 Å². The van der Waals surface area contributed by atoms with Gasteiger partial charge in [-0.1, -0.05) is 27.7 Å². The zero-order valence-electron chi connectivity index (χ0n) is 26.6. The summed E-state index contributed by atoms with van der Waals surface area (Å²) >= 11 is 0. The highest BCUT2D eigenvalue weighted by Gasteiger charge is 2.34. The fourth-order valence-corrected chi connectivity index (χ4v) is 7.34. The monoisotopic (exact) mass is 684 g/mol. The minimum absolute atomic E-state index is 0. The predicted molar refractivity (Wildman–Crippen MR) is 189 cm³/mol. The molecule has 0 saturated heterocycles. The lowest BCUT2D eigenvalue weighted by Crippen LogP contribution is -2.31. The van der Waals surface area contributed by atoms with E-state index in [0.717, 1.165) is 110 Å². The number of carbonyl (C=O) groups is 4. The van der Waals surface area contributed by atoms with Crippen molar-refractivity contribution in [2.24, 2.45) is 0 Å². The smallest absolute Gasteiger partial charge is 0.264 e. The molecule has 0 fully saturated rings. The summed E-state index contributed by atoms with van der Waals surface area (Å²) < 4.78 is 26.4. The number of ketones is 2. The van der Waals surface area contributed by atoms with Crippen LogP contribution in [0.1, 0.15) is 122 Å². The second kappa shape index (κ2) is 17.3. The summed E-state index contributed by atoms with van der Waals surface area (Å²) in [5.41, 5.74) is 7.82. The summed E-state index contributed by atoms with van der Waals surface area (Å²) in [7, 11) is -3.39. The van der Waals surface area contributed by atoms with Crippen LogP contribution in [0.5, 0.6) is 0 Å². The molecule has 0 aromatic heterocycles. The number of unbranched alkanes of at least 4 members (excludes halogenated alkanes) is 4. The standard InChI is InChI=1S/C18H23NO5S.C17H21NO3.2CH4/c1-25(22,23)24-9-4-2-3-7-16(20)14-10-13-6-5-8-19-17(21)12-15(11-14)18(13)19;19-8-3-1-2-6-15(20)13-9-12-5-4-7-18-16(21)11-14(10-13)17(12)18;;/h10-11H,2-9,12H2,1H3;9-10,19H,1-8,11H2;2*1H4. The number of carbonyl (C=O) groups excluding carboxylic acids is 4. The lowest BCUT2D eigenvalue weighted by atomic mass is 9.94. The Morgan fingerprint density at radius 1 is 0.708 bits per heavy atom. The van der Waals surface area contributed by atoms with E-state index >= 15 is 0 Å². The zero-order valence-corrected chi connectivity index (χ0v) is 27.5. The molecule has 4 aliphatic heterocycles. The summed E-state index contributed by atoms with van der Waals surface area (Å²) in [5, 5.41) is 8.76. The average molecular weight is 685 g/mol. The van der Waals surface area contributed by atoms with Crippen molar-refractivity contribution in [2.75, 3.05) is 42.4 Å². The van der Waals surface area contributed by atoms with Gasteiger partial charge >= 0.3 is 0 Å². The largest absolute Gasteiger partial charge is 0.396 e. The summed E-state index contributed by atoms with van der Waals surface area (Å²) in [4.78, 5) is 52.5. The summed E-state index contributed by atoms with van der Waals surface area (Å²) in [6.45, 7) is 1.94. The second-order valence-electron chi connectivity index (χ2n) is 12.7. The summed E-state index contributed by atoms with van der Waals surface area (Å²) in [5.74, 6) is 0.535. The minimum Gasteiger partial charge on any atom is -0.396 e. The van der Waals surface area contributed by atoms with Crippen LogP contribution in [0.2, 0.25) is 0 Å². The first-order chi connectivity index (χ1) is 22.1. The normalized spacial score (nSPS) is 15.5. The Balaban J connectivity index is 0.000000253. The number of aliphatic hydroxyl groups excluding tert-OH is 1. The Bertz CT molecular complexity index is 1620. The third-order valence-corrected chi connectivity index (χ3v) is 9.66. The number of anilines is 2. The highest BCUT2D eigenvalue weighted by molar-refractivity contribution is 7.85. The molecule has 48 heavy (non-hydrogen) atoms. The van der Waals surface area contributed by atoms with E-state index in [2.05, 4.69) is 4.18 Å². The molecule has 2 amide bonds. The van der Waals surface area contributed by atoms with Crippen molar-refractivity contribution < 1.29 is 36.9 Å². The first-order valence-corrected chi connectivity index (χ1v) is 18.3. The van der Waals surface area contributed by atoms with Gasteiger partial charge in [0, 0.05) is 43.7 Å². The average Bonchev–Trinajstić information content (AvgIpc) is 3.53. The number of benzene rings is 2. The van der Waals surface area contributed by atoms with Crippen LogP contribution in [0, 0.1) is 0 Å². The van der Waals surface area contributed by atoms with Crippen molar-refractivity contribution in [3.05, 3.63) is 57.6 Å². The predicted octanol–water partition coefficient (Wildman–Crippen LogP) is 5.77. The molecule has 2 aromatic rings. The molecule has 0 saturated carbocycles. The summed E-state index contributed by atoms with van der Waals surface area (Å²) in [6.07, 6.45) is 11.1. The van der Waals surface area contributed by atoms with Gasteiger partial charge in [0.2, 0.25) is 11.8 Å². The van der Waals surface area contributed by atoms with Crippen LogP contribution in [0.3, 0.4) is 0 Å².